The summed E-state index contributed by atoms with van der Waals surface area (Å²) in [6.45, 7) is 4.57. The molecule has 3 rings (SSSR count). The highest BCUT2D eigenvalue weighted by atomic mass is 16.5. The molecule has 0 radical (unpaired) electrons. The van der Waals surface area contributed by atoms with E-state index in [0.29, 0.717) is 6.01 Å². The Morgan fingerprint density at radius 2 is 2.26 bits per heavy atom. The van der Waals surface area contributed by atoms with Gasteiger partial charge in [0, 0.05) is 23.7 Å². The van der Waals surface area contributed by atoms with Gasteiger partial charge in [-0.3, -0.25) is 0 Å². The second kappa shape index (κ2) is 5.14. The Morgan fingerprint density at radius 3 is 3.11 bits per heavy atom. The number of aromatic amines is 1. The van der Waals surface area contributed by atoms with Crippen LogP contribution in [0.3, 0.4) is 0 Å². The van der Waals surface area contributed by atoms with Crippen LogP contribution in [0.4, 0.5) is 0 Å². The minimum absolute atomic E-state index is 0.0967. The first-order valence-electron chi connectivity index (χ1n) is 6.51. The number of rotatable bonds is 2. The van der Waals surface area contributed by atoms with E-state index >= 15 is 0 Å². The number of aromatic nitrogens is 3. The Kier molecular flexibility index (Phi) is 3.35. The Balaban J connectivity index is 2.04. The summed E-state index contributed by atoms with van der Waals surface area (Å²) in [4.78, 5) is 11.9. The number of hydrogen-bond acceptors (Lipinski definition) is 5. The van der Waals surface area contributed by atoms with E-state index in [9.17, 15) is 0 Å². The minimum Gasteiger partial charge on any atom is -0.467 e. The highest BCUT2D eigenvalue weighted by Gasteiger charge is 2.21. The van der Waals surface area contributed by atoms with Gasteiger partial charge in [-0.25, -0.2) is 0 Å². The number of H-pyrrole nitrogens is 1. The summed E-state index contributed by atoms with van der Waals surface area (Å²) in [5.74, 6) is 0. The molecule has 6 heteroatoms. The van der Waals surface area contributed by atoms with Crippen LogP contribution in [-0.4, -0.2) is 41.8 Å². The van der Waals surface area contributed by atoms with Crippen molar-refractivity contribution in [3.8, 4) is 6.01 Å². The maximum absolute atomic E-state index is 5.90. The average molecular weight is 262 g/mol. The van der Waals surface area contributed by atoms with Gasteiger partial charge in [0.25, 0.3) is 0 Å². The number of nitrogens with one attached hydrogen (secondary N) is 2. The molecule has 102 valence electrons. The number of methoxy groups -OCH3 is 1. The molecule has 1 unspecified atom stereocenters. The molecule has 2 N–H and O–H groups in total. The molecule has 3 heterocycles. The molecule has 0 aromatic carbocycles. The molecule has 2 aromatic rings. The van der Waals surface area contributed by atoms with E-state index < -0.39 is 0 Å². The van der Waals surface area contributed by atoms with Crippen molar-refractivity contribution in [1.29, 1.82) is 0 Å². The zero-order valence-electron chi connectivity index (χ0n) is 11.2. The summed E-state index contributed by atoms with van der Waals surface area (Å²) in [5.41, 5.74) is 2.86. The van der Waals surface area contributed by atoms with Crippen LogP contribution in [0.25, 0.3) is 11.0 Å². The van der Waals surface area contributed by atoms with Gasteiger partial charge >= 0.3 is 6.01 Å². The lowest BCUT2D eigenvalue weighted by Gasteiger charge is -2.14. The third kappa shape index (κ3) is 2.29. The van der Waals surface area contributed by atoms with E-state index in [2.05, 4.69) is 20.3 Å². The van der Waals surface area contributed by atoms with Crippen LogP contribution < -0.4 is 10.1 Å². The molecular weight excluding hydrogens is 244 g/mol. The van der Waals surface area contributed by atoms with Crippen LogP contribution in [0.1, 0.15) is 23.8 Å². The van der Waals surface area contributed by atoms with Crippen molar-refractivity contribution in [2.45, 2.75) is 19.4 Å². The van der Waals surface area contributed by atoms with Gasteiger partial charge in [0.05, 0.1) is 25.5 Å². The molecule has 1 atom stereocenters. The molecule has 6 nitrogen and oxygen atoms in total. The Labute approximate surface area is 111 Å². The smallest absolute Gasteiger partial charge is 0.318 e. The first kappa shape index (κ1) is 12.4. The topological polar surface area (TPSA) is 72.1 Å². The van der Waals surface area contributed by atoms with Gasteiger partial charge in [-0.15, -0.1) is 0 Å². The summed E-state index contributed by atoms with van der Waals surface area (Å²) < 4.78 is 11.0. The summed E-state index contributed by atoms with van der Waals surface area (Å²) in [6.07, 6.45) is 3.03. The SMILES string of the molecule is COc1nc(C)c2c(C3CCNCCO3)c[nH]c2n1. The van der Waals surface area contributed by atoms with Gasteiger partial charge in [0.2, 0.25) is 0 Å². The zero-order chi connectivity index (χ0) is 13.2. The normalized spacial score (nSPS) is 20.4. The van der Waals surface area contributed by atoms with Crippen molar-refractivity contribution in [3.05, 3.63) is 17.5 Å². The highest BCUT2D eigenvalue weighted by molar-refractivity contribution is 5.82. The third-order valence-electron chi connectivity index (χ3n) is 3.43. The molecule has 1 saturated heterocycles. The lowest BCUT2D eigenvalue weighted by Crippen LogP contribution is -2.16. The highest BCUT2D eigenvalue weighted by Crippen LogP contribution is 2.30. The molecule has 0 spiro atoms. The second-order valence-electron chi connectivity index (χ2n) is 4.66. The second-order valence-corrected chi connectivity index (χ2v) is 4.66. The fourth-order valence-corrected chi connectivity index (χ4v) is 2.52. The lowest BCUT2D eigenvalue weighted by atomic mass is 10.1. The molecule has 1 fully saturated rings. The summed E-state index contributed by atoms with van der Waals surface area (Å²) in [7, 11) is 1.57. The van der Waals surface area contributed by atoms with Crippen molar-refractivity contribution < 1.29 is 9.47 Å². The van der Waals surface area contributed by atoms with Crippen LogP contribution in [0.2, 0.25) is 0 Å². The maximum atomic E-state index is 5.90. The molecule has 0 aliphatic carbocycles. The van der Waals surface area contributed by atoms with E-state index in [0.717, 1.165) is 48.4 Å². The van der Waals surface area contributed by atoms with E-state index in [1.54, 1.807) is 7.11 Å². The van der Waals surface area contributed by atoms with Gasteiger partial charge in [0.1, 0.15) is 5.65 Å². The molecule has 1 aliphatic heterocycles. The van der Waals surface area contributed by atoms with Gasteiger partial charge < -0.3 is 19.8 Å². The van der Waals surface area contributed by atoms with Crippen LogP contribution in [-0.2, 0) is 4.74 Å². The van der Waals surface area contributed by atoms with Crippen molar-refractivity contribution >= 4 is 11.0 Å². The first-order chi connectivity index (χ1) is 9.29. The van der Waals surface area contributed by atoms with Crippen molar-refractivity contribution in [1.82, 2.24) is 20.3 Å². The van der Waals surface area contributed by atoms with Gasteiger partial charge in [-0.1, -0.05) is 0 Å². The predicted molar refractivity (Wildman–Crippen MR) is 71.4 cm³/mol. The molecule has 0 saturated carbocycles. The van der Waals surface area contributed by atoms with Gasteiger partial charge in [-0.05, 0) is 19.9 Å². The fraction of sp³-hybridized carbons (Fsp3) is 0.538. The minimum atomic E-state index is 0.0967. The third-order valence-corrected chi connectivity index (χ3v) is 3.43. The molecule has 0 amide bonds. The van der Waals surface area contributed by atoms with E-state index in [1.807, 2.05) is 13.1 Å². The lowest BCUT2D eigenvalue weighted by molar-refractivity contribution is 0.0654. The summed E-state index contributed by atoms with van der Waals surface area (Å²) in [6, 6.07) is 0.391. The van der Waals surface area contributed by atoms with Crippen molar-refractivity contribution in [3.63, 3.8) is 0 Å². The molecule has 1 aliphatic rings. The maximum Gasteiger partial charge on any atom is 0.318 e. The monoisotopic (exact) mass is 262 g/mol. The van der Waals surface area contributed by atoms with Crippen molar-refractivity contribution in [2.24, 2.45) is 0 Å². The van der Waals surface area contributed by atoms with Crippen LogP contribution in [0.5, 0.6) is 6.01 Å². The number of fused-ring (bicyclic) bond motifs is 1. The van der Waals surface area contributed by atoms with Crippen LogP contribution >= 0.6 is 0 Å². The van der Waals surface area contributed by atoms with Crippen LogP contribution in [0.15, 0.2) is 6.20 Å². The van der Waals surface area contributed by atoms with E-state index in [-0.39, 0.29) is 6.10 Å². The molecule has 2 aromatic heterocycles. The van der Waals surface area contributed by atoms with Crippen LogP contribution in [0, 0.1) is 6.92 Å². The predicted octanol–water partition coefficient (Wildman–Crippen LogP) is 1.33. The van der Waals surface area contributed by atoms with Gasteiger partial charge in [-0.2, -0.15) is 9.97 Å². The fourth-order valence-electron chi connectivity index (χ4n) is 2.52. The molecular formula is C13H18N4O2. The van der Waals surface area contributed by atoms with Crippen molar-refractivity contribution in [2.75, 3.05) is 26.8 Å². The summed E-state index contributed by atoms with van der Waals surface area (Å²) >= 11 is 0. The standard InChI is InChI=1S/C13H18N4O2/c1-8-11-9(10-3-4-14-5-6-19-10)7-15-12(11)17-13(16-8)18-2/h7,10,14H,3-6H2,1-2H3,(H,15,16,17). The average Bonchev–Trinajstić information content (AvgIpc) is 2.67. The first-order valence-corrected chi connectivity index (χ1v) is 6.51. The Morgan fingerprint density at radius 1 is 1.37 bits per heavy atom. The zero-order valence-corrected chi connectivity index (χ0v) is 11.2. The van der Waals surface area contributed by atoms with E-state index in [1.165, 1.54) is 0 Å². The molecule has 19 heavy (non-hydrogen) atoms. The number of aryl methyl sites for hydroxylation is 1. The van der Waals surface area contributed by atoms with E-state index in [4.69, 9.17) is 9.47 Å². The summed E-state index contributed by atoms with van der Waals surface area (Å²) in [5, 5.41) is 4.38. The Bertz CT molecular complexity index is 573. The number of ether oxygens (including phenoxy) is 2. The quantitative estimate of drug-likeness (QED) is 0.854. The number of nitrogens with zero attached hydrogens (tertiary/aromatic N) is 2. The largest absolute Gasteiger partial charge is 0.467 e. The Hall–Kier alpha value is -1.66. The molecule has 0 bridgehead atoms. The number of hydrogen-bond donors (Lipinski definition) is 2. The van der Waals surface area contributed by atoms with Gasteiger partial charge in [0.15, 0.2) is 0 Å².